The van der Waals surface area contributed by atoms with Crippen LogP contribution >= 0.6 is 0 Å². The number of esters is 1. The van der Waals surface area contributed by atoms with Crippen molar-refractivity contribution in [2.45, 2.75) is 12.5 Å². The third-order valence-corrected chi connectivity index (χ3v) is 4.36. The highest BCUT2D eigenvalue weighted by Crippen LogP contribution is 2.35. The van der Waals surface area contributed by atoms with Gasteiger partial charge in [0.2, 0.25) is 0 Å². The minimum absolute atomic E-state index is 0.133. The van der Waals surface area contributed by atoms with Gasteiger partial charge >= 0.3 is 5.97 Å². The molecule has 0 bridgehead atoms. The van der Waals surface area contributed by atoms with Crippen LogP contribution in [0.5, 0.6) is 11.5 Å². The maximum Gasteiger partial charge on any atom is 0.330 e. The number of aromatic hydroxyl groups is 2. The second-order valence-electron chi connectivity index (χ2n) is 6.13. The van der Waals surface area contributed by atoms with Crippen LogP contribution in [0.1, 0.15) is 28.2 Å². The number of carbonyl (C=O) groups excluding carboxylic acids is 1. The molecule has 0 heterocycles. The van der Waals surface area contributed by atoms with E-state index in [0.29, 0.717) is 0 Å². The molecule has 0 radical (unpaired) electrons. The van der Waals surface area contributed by atoms with E-state index in [-0.39, 0.29) is 24.0 Å². The molecule has 0 amide bonds. The van der Waals surface area contributed by atoms with Gasteiger partial charge in [-0.1, -0.05) is 55.1 Å². The number of ether oxygens (including phenoxy) is 1. The summed E-state index contributed by atoms with van der Waals surface area (Å²) in [5, 5.41) is 19.3. The van der Waals surface area contributed by atoms with Crippen LogP contribution in [0, 0.1) is 0 Å². The van der Waals surface area contributed by atoms with E-state index in [4.69, 9.17) is 4.74 Å². The number of benzene rings is 3. The summed E-state index contributed by atoms with van der Waals surface area (Å²) < 4.78 is 5.24. The molecule has 0 saturated heterocycles. The van der Waals surface area contributed by atoms with Crippen LogP contribution in [-0.4, -0.2) is 16.2 Å². The molecule has 3 rings (SSSR count). The number of hydrogen-bond donors (Lipinski definition) is 2. The minimum atomic E-state index is -0.476. The molecular weight excluding hydrogens is 340 g/mol. The average Bonchev–Trinajstić information content (AvgIpc) is 2.70. The first-order valence-corrected chi connectivity index (χ1v) is 8.53. The highest BCUT2D eigenvalue weighted by Gasteiger charge is 2.20. The van der Waals surface area contributed by atoms with Gasteiger partial charge in [-0.2, -0.15) is 0 Å². The van der Waals surface area contributed by atoms with Crippen molar-refractivity contribution in [3.63, 3.8) is 0 Å². The predicted octanol–water partition coefficient (Wildman–Crippen LogP) is 4.51. The first-order valence-electron chi connectivity index (χ1n) is 8.53. The molecular formula is C23H20O4. The van der Waals surface area contributed by atoms with Crippen LogP contribution in [0.3, 0.4) is 0 Å². The van der Waals surface area contributed by atoms with E-state index in [1.165, 1.54) is 0 Å². The zero-order valence-electron chi connectivity index (χ0n) is 14.7. The zero-order valence-corrected chi connectivity index (χ0v) is 14.7. The van der Waals surface area contributed by atoms with E-state index in [1.807, 2.05) is 48.5 Å². The quantitative estimate of drug-likeness (QED) is 0.386. The van der Waals surface area contributed by atoms with Crippen molar-refractivity contribution in [2.75, 3.05) is 0 Å². The molecule has 136 valence electrons. The van der Waals surface area contributed by atoms with E-state index in [2.05, 4.69) is 6.58 Å². The van der Waals surface area contributed by atoms with Crippen molar-refractivity contribution in [1.82, 2.24) is 0 Å². The molecule has 4 nitrogen and oxygen atoms in total. The molecule has 4 heteroatoms. The van der Waals surface area contributed by atoms with Crippen LogP contribution in [-0.2, 0) is 16.1 Å². The fraction of sp³-hybridized carbons (Fsp3) is 0.0870. The lowest BCUT2D eigenvalue weighted by molar-refractivity contribution is -0.138. The molecule has 0 unspecified atom stereocenters. The van der Waals surface area contributed by atoms with Crippen LogP contribution in [0.25, 0.3) is 0 Å². The Kier molecular flexibility index (Phi) is 5.57. The molecule has 3 aromatic carbocycles. The average molecular weight is 360 g/mol. The van der Waals surface area contributed by atoms with Crippen LogP contribution in [0.15, 0.2) is 85.5 Å². The van der Waals surface area contributed by atoms with Gasteiger partial charge in [-0.3, -0.25) is 0 Å². The molecule has 0 aliphatic carbocycles. The summed E-state index contributed by atoms with van der Waals surface area (Å²) in [6.45, 7) is 3.55. The van der Waals surface area contributed by atoms with Crippen LogP contribution in [0.2, 0.25) is 0 Å². The fourth-order valence-electron chi connectivity index (χ4n) is 3.04. The molecule has 0 atom stereocenters. The van der Waals surface area contributed by atoms with Gasteiger partial charge in [0.1, 0.15) is 18.1 Å². The van der Waals surface area contributed by atoms with Crippen LogP contribution < -0.4 is 0 Å². The van der Waals surface area contributed by atoms with Crippen molar-refractivity contribution < 1.29 is 19.7 Å². The number of rotatable bonds is 6. The largest absolute Gasteiger partial charge is 0.508 e. The van der Waals surface area contributed by atoms with Crippen molar-refractivity contribution in [2.24, 2.45) is 0 Å². The Labute approximate surface area is 158 Å². The highest BCUT2D eigenvalue weighted by atomic mass is 16.5. The van der Waals surface area contributed by atoms with Gasteiger partial charge < -0.3 is 14.9 Å². The molecule has 0 saturated carbocycles. The SMILES string of the molecule is C=CC(=O)OCc1ccccc1C(c1ccc(O)cc1)c1ccc(O)cc1. The summed E-state index contributed by atoms with van der Waals surface area (Å²) in [7, 11) is 0. The van der Waals surface area contributed by atoms with Gasteiger partial charge in [0.05, 0.1) is 0 Å². The molecule has 0 aliphatic heterocycles. The topological polar surface area (TPSA) is 66.8 Å². The fourth-order valence-corrected chi connectivity index (χ4v) is 3.04. The Morgan fingerprint density at radius 1 is 0.889 bits per heavy atom. The molecule has 0 spiro atoms. The Morgan fingerprint density at radius 2 is 1.41 bits per heavy atom. The Balaban J connectivity index is 2.08. The number of carbonyl (C=O) groups is 1. The molecule has 0 aromatic heterocycles. The van der Waals surface area contributed by atoms with Gasteiger partial charge in [0, 0.05) is 12.0 Å². The van der Waals surface area contributed by atoms with E-state index < -0.39 is 5.97 Å². The molecule has 3 aromatic rings. The Hall–Kier alpha value is -3.53. The number of phenolic OH excluding ortho intramolecular Hbond substituents is 2. The highest BCUT2D eigenvalue weighted by molar-refractivity contribution is 5.81. The Morgan fingerprint density at radius 3 is 1.93 bits per heavy atom. The Bertz CT molecular complexity index is 882. The first-order chi connectivity index (χ1) is 13.1. The summed E-state index contributed by atoms with van der Waals surface area (Å²) >= 11 is 0. The summed E-state index contributed by atoms with van der Waals surface area (Å²) in [6.07, 6.45) is 1.14. The summed E-state index contributed by atoms with van der Waals surface area (Å²) in [4.78, 5) is 11.5. The third kappa shape index (κ3) is 4.36. The minimum Gasteiger partial charge on any atom is -0.508 e. The lowest BCUT2D eigenvalue weighted by Gasteiger charge is -2.22. The molecule has 0 fully saturated rings. The van der Waals surface area contributed by atoms with Gasteiger partial charge in [0.25, 0.3) is 0 Å². The van der Waals surface area contributed by atoms with E-state index in [0.717, 1.165) is 28.3 Å². The molecule has 2 N–H and O–H groups in total. The smallest absolute Gasteiger partial charge is 0.330 e. The monoisotopic (exact) mass is 360 g/mol. The van der Waals surface area contributed by atoms with E-state index in [1.54, 1.807) is 24.3 Å². The second kappa shape index (κ2) is 8.23. The van der Waals surface area contributed by atoms with E-state index in [9.17, 15) is 15.0 Å². The second-order valence-corrected chi connectivity index (χ2v) is 6.13. The van der Waals surface area contributed by atoms with Gasteiger partial charge in [0.15, 0.2) is 0 Å². The maximum absolute atomic E-state index is 11.5. The lowest BCUT2D eigenvalue weighted by Crippen LogP contribution is -2.09. The van der Waals surface area contributed by atoms with Crippen molar-refractivity contribution in [1.29, 1.82) is 0 Å². The van der Waals surface area contributed by atoms with Crippen molar-refractivity contribution in [3.05, 3.63) is 108 Å². The summed E-state index contributed by atoms with van der Waals surface area (Å²) in [6, 6.07) is 21.7. The van der Waals surface area contributed by atoms with Gasteiger partial charge in [-0.25, -0.2) is 4.79 Å². The molecule has 0 aliphatic rings. The normalized spacial score (nSPS) is 10.6. The predicted molar refractivity (Wildman–Crippen MR) is 104 cm³/mol. The number of phenols is 2. The standard InChI is InChI=1S/C23H20O4/c1-2-22(26)27-15-18-5-3-4-6-21(18)23(16-7-11-19(24)12-8-16)17-9-13-20(25)14-10-17/h2-14,23-25H,1,15H2. The van der Waals surface area contributed by atoms with Crippen molar-refractivity contribution >= 4 is 5.97 Å². The lowest BCUT2D eigenvalue weighted by atomic mass is 9.83. The zero-order chi connectivity index (χ0) is 19.2. The van der Waals surface area contributed by atoms with Gasteiger partial charge in [-0.15, -0.1) is 0 Å². The van der Waals surface area contributed by atoms with Crippen LogP contribution in [0.4, 0.5) is 0 Å². The summed E-state index contributed by atoms with van der Waals surface area (Å²) in [5.41, 5.74) is 3.80. The summed E-state index contributed by atoms with van der Waals surface area (Å²) in [5.74, 6) is -0.242. The number of hydrogen-bond acceptors (Lipinski definition) is 4. The van der Waals surface area contributed by atoms with Crippen molar-refractivity contribution in [3.8, 4) is 11.5 Å². The third-order valence-electron chi connectivity index (χ3n) is 4.36. The van der Waals surface area contributed by atoms with E-state index >= 15 is 0 Å². The molecule has 27 heavy (non-hydrogen) atoms. The maximum atomic E-state index is 11.5. The first kappa shape index (κ1) is 18.3. The van der Waals surface area contributed by atoms with Gasteiger partial charge in [-0.05, 0) is 46.5 Å².